The number of para-hydroxylation sites is 5. The molecule has 3 N–H and O–H groups in total. The number of aromatic nitrogens is 1. The molecular formula is C39H55N3O4. The van der Waals surface area contributed by atoms with Crippen molar-refractivity contribution in [3.05, 3.63) is 85.1 Å². The Labute approximate surface area is 276 Å². The van der Waals surface area contributed by atoms with Crippen LogP contribution in [0.3, 0.4) is 0 Å². The van der Waals surface area contributed by atoms with Crippen molar-refractivity contribution >= 4 is 16.6 Å². The van der Waals surface area contributed by atoms with Crippen LogP contribution in [0.15, 0.2) is 85.1 Å². The van der Waals surface area contributed by atoms with E-state index in [0.29, 0.717) is 19.8 Å². The third kappa shape index (κ3) is 14.0. The SMILES string of the molecule is CCCCCCOc1ccccc1OCCCN.CCCCCCOc1ccccc1OCCCNc1ccnc2ccccc12. The number of hydrogen-bond donors (Lipinski definition) is 2. The molecule has 1 heterocycles. The van der Waals surface area contributed by atoms with Gasteiger partial charge < -0.3 is 30.0 Å². The van der Waals surface area contributed by atoms with E-state index in [4.69, 9.17) is 24.7 Å². The summed E-state index contributed by atoms with van der Waals surface area (Å²) in [6, 6.07) is 26.0. The minimum absolute atomic E-state index is 0.645. The van der Waals surface area contributed by atoms with Crippen molar-refractivity contribution in [2.75, 3.05) is 44.8 Å². The Morgan fingerprint density at radius 2 is 1.02 bits per heavy atom. The molecule has 1 aromatic heterocycles. The summed E-state index contributed by atoms with van der Waals surface area (Å²) >= 11 is 0. The fourth-order valence-corrected chi connectivity index (χ4v) is 4.79. The first-order valence-electron chi connectivity index (χ1n) is 17.2. The third-order valence-corrected chi connectivity index (χ3v) is 7.36. The number of nitrogens with one attached hydrogen (secondary N) is 1. The van der Waals surface area contributed by atoms with Crippen LogP contribution in [0.4, 0.5) is 5.69 Å². The summed E-state index contributed by atoms with van der Waals surface area (Å²) in [5.74, 6) is 3.33. The lowest BCUT2D eigenvalue weighted by Crippen LogP contribution is -2.08. The van der Waals surface area contributed by atoms with Crippen molar-refractivity contribution in [1.29, 1.82) is 0 Å². The molecule has 0 radical (unpaired) electrons. The molecule has 4 aromatic rings. The van der Waals surface area contributed by atoms with Crippen LogP contribution < -0.4 is 30.0 Å². The Kier molecular flexibility index (Phi) is 18.5. The van der Waals surface area contributed by atoms with Crippen molar-refractivity contribution in [3.8, 4) is 23.0 Å². The molecule has 0 unspecified atom stereocenters. The summed E-state index contributed by atoms with van der Waals surface area (Å²) in [5, 5.41) is 4.64. The molecule has 46 heavy (non-hydrogen) atoms. The first kappa shape index (κ1) is 36.5. The van der Waals surface area contributed by atoms with Crippen LogP contribution in [-0.2, 0) is 0 Å². The highest BCUT2D eigenvalue weighted by Gasteiger charge is 2.06. The lowest BCUT2D eigenvalue weighted by Gasteiger charge is -2.13. The van der Waals surface area contributed by atoms with Crippen LogP contribution in [0.5, 0.6) is 23.0 Å². The van der Waals surface area contributed by atoms with Crippen LogP contribution in [0.2, 0.25) is 0 Å². The highest BCUT2D eigenvalue weighted by molar-refractivity contribution is 5.90. The maximum atomic E-state index is 5.96. The molecule has 0 amide bonds. The van der Waals surface area contributed by atoms with Crippen molar-refractivity contribution in [2.45, 2.75) is 78.1 Å². The van der Waals surface area contributed by atoms with Gasteiger partial charge in [0.2, 0.25) is 0 Å². The molecule has 7 heteroatoms. The molecule has 0 spiro atoms. The number of fused-ring (bicyclic) bond motifs is 1. The van der Waals surface area contributed by atoms with E-state index in [1.165, 1.54) is 38.5 Å². The van der Waals surface area contributed by atoms with Gasteiger partial charge in [-0.3, -0.25) is 4.98 Å². The van der Waals surface area contributed by atoms with E-state index in [-0.39, 0.29) is 0 Å². The number of pyridine rings is 1. The predicted octanol–water partition coefficient (Wildman–Crippen LogP) is 9.45. The second-order valence-electron chi connectivity index (χ2n) is 11.2. The van der Waals surface area contributed by atoms with Gasteiger partial charge in [-0.1, -0.05) is 94.8 Å². The molecule has 0 aliphatic heterocycles. The summed E-state index contributed by atoms with van der Waals surface area (Å²) in [5.41, 5.74) is 7.57. The average molecular weight is 630 g/mol. The van der Waals surface area contributed by atoms with Crippen molar-refractivity contribution < 1.29 is 18.9 Å². The molecule has 0 atom stereocenters. The number of unbranched alkanes of at least 4 members (excludes halogenated alkanes) is 6. The second kappa shape index (κ2) is 23.4. The topological polar surface area (TPSA) is 87.9 Å². The van der Waals surface area contributed by atoms with Crippen LogP contribution in [0.1, 0.15) is 78.1 Å². The summed E-state index contributed by atoms with van der Waals surface area (Å²) in [4.78, 5) is 4.40. The second-order valence-corrected chi connectivity index (χ2v) is 11.2. The average Bonchev–Trinajstić information content (AvgIpc) is 3.09. The van der Waals surface area contributed by atoms with Crippen molar-refractivity contribution in [2.24, 2.45) is 5.73 Å². The molecule has 0 aliphatic carbocycles. The first-order valence-corrected chi connectivity index (χ1v) is 17.2. The maximum absolute atomic E-state index is 5.96. The zero-order valence-electron chi connectivity index (χ0n) is 28.1. The lowest BCUT2D eigenvalue weighted by atomic mass is 10.2. The van der Waals surface area contributed by atoms with Crippen molar-refractivity contribution in [1.82, 2.24) is 4.98 Å². The fourth-order valence-electron chi connectivity index (χ4n) is 4.79. The van der Waals surface area contributed by atoms with Crippen LogP contribution >= 0.6 is 0 Å². The Hall–Kier alpha value is -3.97. The minimum atomic E-state index is 0.645. The number of nitrogens with zero attached hydrogens (tertiary/aromatic N) is 1. The molecule has 0 saturated carbocycles. The Bertz CT molecular complexity index is 1340. The van der Waals surface area contributed by atoms with E-state index in [2.05, 4.69) is 30.2 Å². The molecule has 0 fully saturated rings. The molecule has 4 rings (SSSR count). The first-order chi connectivity index (χ1) is 22.8. The number of ether oxygens (including phenoxy) is 4. The van der Waals surface area contributed by atoms with Gasteiger partial charge in [-0.05, 0) is 68.6 Å². The molecule has 7 nitrogen and oxygen atoms in total. The summed E-state index contributed by atoms with van der Waals surface area (Å²) in [6.45, 7) is 8.72. The smallest absolute Gasteiger partial charge is 0.161 e. The highest BCUT2D eigenvalue weighted by Crippen LogP contribution is 2.28. The molecule has 0 saturated heterocycles. The molecule has 0 bridgehead atoms. The van der Waals surface area contributed by atoms with Crippen LogP contribution in [0, 0.1) is 0 Å². The number of rotatable bonds is 22. The van der Waals surface area contributed by atoms with E-state index >= 15 is 0 Å². The number of benzene rings is 3. The van der Waals surface area contributed by atoms with Gasteiger partial charge in [-0.25, -0.2) is 0 Å². The van der Waals surface area contributed by atoms with E-state index in [0.717, 1.165) is 85.0 Å². The van der Waals surface area contributed by atoms with E-state index in [1.54, 1.807) is 0 Å². The molecule has 0 aliphatic rings. The monoisotopic (exact) mass is 629 g/mol. The lowest BCUT2D eigenvalue weighted by molar-refractivity contribution is 0.262. The molecule has 3 aromatic carbocycles. The quantitative estimate of drug-likeness (QED) is 0.0837. The Morgan fingerprint density at radius 3 is 1.54 bits per heavy atom. The van der Waals surface area contributed by atoms with Gasteiger partial charge in [0.1, 0.15) is 0 Å². The Morgan fingerprint density at radius 1 is 0.543 bits per heavy atom. The number of anilines is 1. The standard InChI is InChI=1S/C24H30N2O2.C15H25NO2/c1-2-3-4-9-18-27-23-13-7-8-14-24(23)28-19-10-16-25-22-15-17-26-21-12-6-5-11-20(21)22;1-2-3-4-7-12-17-14-9-5-6-10-15(14)18-13-8-11-16/h5-8,11-15,17H,2-4,9-10,16,18-19H2,1H3,(H,25,26);5-6,9-10H,2-4,7-8,11-13,16H2,1H3. The van der Waals surface area contributed by atoms with Crippen LogP contribution in [0.25, 0.3) is 10.9 Å². The van der Waals surface area contributed by atoms with Gasteiger partial charge >= 0.3 is 0 Å². The Balaban J connectivity index is 0.000000277. The van der Waals surface area contributed by atoms with Gasteiger partial charge in [-0.15, -0.1) is 0 Å². The number of nitrogens with two attached hydrogens (primary N) is 1. The van der Waals surface area contributed by atoms with Gasteiger partial charge in [0, 0.05) is 23.8 Å². The predicted molar refractivity (Wildman–Crippen MR) is 192 cm³/mol. The van der Waals surface area contributed by atoms with Gasteiger partial charge in [0.15, 0.2) is 23.0 Å². The minimum Gasteiger partial charge on any atom is -0.490 e. The van der Waals surface area contributed by atoms with Crippen molar-refractivity contribution in [3.63, 3.8) is 0 Å². The summed E-state index contributed by atoms with van der Waals surface area (Å²) in [6.07, 6.45) is 13.3. The van der Waals surface area contributed by atoms with Gasteiger partial charge in [0.25, 0.3) is 0 Å². The van der Waals surface area contributed by atoms with E-state index in [1.807, 2.05) is 79.0 Å². The van der Waals surface area contributed by atoms with E-state index < -0.39 is 0 Å². The third-order valence-electron chi connectivity index (χ3n) is 7.36. The zero-order chi connectivity index (χ0) is 32.5. The fraction of sp³-hybridized carbons (Fsp3) is 0.462. The molecule has 250 valence electrons. The normalized spacial score (nSPS) is 10.6. The largest absolute Gasteiger partial charge is 0.490 e. The zero-order valence-corrected chi connectivity index (χ0v) is 28.1. The van der Waals surface area contributed by atoms with Gasteiger partial charge in [0.05, 0.1) is 31.9 Å². The van der Waals surface area contributed by atoms with E-state index in [9.17, 15) is 0 Å². The summed E-state index contributed by atoms with van der Waals surface area (Å²) < 4.78 is 23.3. The maximum Gasteiger partial charge on any atom is 0.161 e. The highest BCUT2D eigenvalue weighted by atomic mass is 16.5. The van der Waals surface area contributed by atoms with Gasteiger partial charge in [-0.2, -0.15) is 0 Å². The van der Waals surface area contributed by atoms with Crippen LogP contribution in [-0.4, -0.2) is 44.5 Å². The number of hydrogen-bond acceptors (Lipinski definition) is 7. The summed E-state index contributed by atoms with van der Waals surface area (Å²) in [7, 11) is 0. The molecular weight excluding hydrogens is 574 g/mol.